The van der Waals surface area contributed by atoms with E-state index < -0.39 is 0 Å². The lowest BCUT2D eigenvalue weighted by Crippen LogP contribution is -2.36. The summed E-state index contributed by atoms with van der Waals surface area (Å²) in [5, 5.41) is 7.62. The third-order valence-corrected chi connectivity index (χ3v) is 3.38. The molecular weight excluding hydrogens is 288 g/mol. The van der Waals surface area contributed by atoms with E-state index in [1.165, 1.54) is 0 Å². The number of aromatic nitrogens is 1. The van der Waals surface area contributed by atoms with Crippen molar-refractivity contribution in [3.05, 3.63) is 66.2 Å². The van der Waals surface area contributed by atoms with Gasteiger partial charge in [-0.15, -0.1) is 0 Å². The number of benzene rings is 1. The van der Waals surface area contributed by atoms with Crippen LogP contribution in [0.4, 0.5) is 0 Å². The first-order valence-corrected chi connectivity index (χ1v) is 7.74. The first kappa shape index (κ1) is 15.1. The second-order valence-corrected chi connectivity index (χ2v) is 5.12. The molecule has 0 atom stereocenters. The Morgan fingerprint density at radius 2 is 2.00 bits per heavy atom. The normalized spacial score (nSPS) is 11.6. The zero-order valence-electron chi connectivity index (χ0n) is 13.1. The molecule has 118 valence electrons. The van der Waals surface area contributed by atoms with Gasteiger partial charge in [0.25, 0.3) is 0 Å². The van der Waals surface area contributed by atoms with Crippen molar-refractivity contribution in [2.24, 2.45) is 4.99 Å². The zero-order chi connectivity index (χ0) is 15.9. The Morgan fingerprint density at radius 1 is 1.13 bits per heavy atom. The lowest BCUT2D eigenvalue weighted by molar-refractivity contribution is 0.538. The molecule has 0 amide bonds. The van der Waals surface area contributed by atoms with Crippen molar-refractivity contribution >= 4 is 16.9 Å². The van der Waals surface area contributed by atoms with Gasteiger partial charge in [-0.05, 0) is 31.2 Å². The summed E-state index contributed by atoms with van der Waals surface area (Å²) in [5.41, 5.74) is 1.84. The number of nitrogens with one attached hydrogen (secondary N) is 2. The highest BCUT2D eigenvalue weighted by atomic mass is 16.3. The van der Waals surface area contributed by atoms with Gasteiger partial charge in [0.2, 0.25) is 0 Å². The van der Waals surface area contributed by atoms with Crippen molar-refractivity contribution in [2.45, 2.75) is 20.0 Å². The number of para-hydroxylation sites is 1. The highest BCUT2D eigenvalue weighted by molar-refractivity contribution is 5.80. The summed E-state index contributed by atoms with van der Waals surface area (Å²) in [6.45, 7) is 3.96. The molecule has 2 N–H and O–H groups in total. The minimum Gasteiger partial charge on any atom is -0.459 e. The summed E-state index contributed by atoms with van der Waals surface area (Å²) in [6.07, 6.45) is 1.78. The van der Waals surface area contributed by atoms with E-state index >= 15 is 0 Å². The lowest BCUT2D eigenvalue weighted by atomic mass is 10.2. The number of fused-ring (bicyclic) bond motifs is 1. The molecule has 2 aromatic heterocycles. The van der Waals surface area contributed by atoms with Crippen LogP contribution < -0.4 is 10.6 Å². The van der Waals surface area contributed by atoms with Crippen molar-refractivity contribution in [1.82, 2.24) is 15.6 Å². The van der Waals surface area contributed by atoms with E-state index in [9.17, 15) is 0 Å². The summed E-state index contributed by atoms with van der Waals surface area (Å²) >= 11 is 0. The van der Waals surface area contributed by atoms with Gasteiger partial charge in [-0.3, -0.25) is 4.98 Å². The largest absolute Gasteiger partial charge is 0.459 e. The number of hydrogen-bond donors (Lipinski definition) is 2. The third kappa shape index (κ3) is 4.10. The van der Waals surface area contributed by atoms with Crippen molar-refractivity contribution in [3.8, 4) is 0 Å². The van der Waals surface area contributed by atoms with Gasteiger partial charge in [-0.1, -0.05) is 24.3 Å². The van der Waals surface area contributed by atoms with Gasteiger partial charge >= 0.3 is 0 Å². The molecule has 0 aliphatic rings. The van der Waals surface area contributed by atoms with E-state index in [2.05, 4.69) is 20.6 Å². The molecule has 0 bridgehead atoms. The molecule has 0 saturated carbocycles. The topological polar surface area (TPSA) is 62.5 Å². The Hall–Kier alpha value is -2.82. The third-order valence-electron chi connectivity index (χ3n) is 3.38. The quantitative estimate of drug-likeness (QED) is 0.561. The van der Waals surface area contributed by atoms with Crippen molar-refractivity contribution in [1.29, 1.82) is 0 Å². The van der Waals surface area contributed by atoms with Gasteiger partial charge in [-0.25, -0.2) is 4.99 Å². The molecule has 0 aliphatic heterocycles. The molecule has 23 heavy (non-hydrogen) atoms. The number of nitrogens with zero attached hydrogens (tertiary/aromatic N) is 2. The van der Waals surface area contributed by atoms with Crippen LogP contribution in [0.1, 0.15) is 18.4 Å². The summed E-state index contributed by atoms with van der Waals surface area (Å²) in [7, 11) is 0. The first-order chi connectivity index (χ1) is 11.3. The molecule has 0 spiro atoms. The molecule has 3 rings (SSSR count). The summed E-state index contributed by atoms with van der Waals surface area (Å²) < 4.78 is 5.80. The van der Waals surface area contributed by atoms with Gasteiger partial charge in [-0.2, -0.15) is 0 Å². The predicted octanol–water partition coefficient (Wildman–Crippen LogP) is 3.08. The second-order valence-electron chi connectivity index (χ2n) is 5.12. The fourth-order valence-electron chi connectivity index (χ4n) is 2.29. The van der Waals surface area contributed by atoms with Gasteiger partial charge < -0.3 is 15.1 Å². The van der Waals surface area contributed by atoms with Crippen LogP contribution in [-0.2, 0) is 13.1 Å². The van der Waals surface area contributed by atoms with Gasteiger partial charge in [0.15, 0.2) is 5.96 Å². The maximum Gasteiger partial charge on any atom is 0.192 e. The molecule has 0 unspecified atom stereocenters. The predicted molar refractivity (Wildman–Crippen MR) is 92.1 cm³/mol. The lowest BCUT2D eigenvalue weighted by Gasteiger charge is -2.09. The second kappa shape index (κ2) is 7.45. The molecule has 0 radical (unpaired) electrons. The molecule has 5 heteroatoms. The van der Waals surface area contributed by atoms with Crippen molar-refractivity contribution in [3.63, 3.8) is 0 Å². The van der Waals surface area contributed by atoms with Gasteiger partial charge in [0.05, 0.1) is 18.8 Å². The number of furan rings is 1. The highest BCUT2D eigenvalue weighted by Gasteiger charge is 2.04. The van der Waals surface area contributed by atoms with Gasteiger partial charge in [0.1, 0.15) is 11.3 Å². The fraction of sp³-hybridized carbons (Fsp3) is 0.222. The molecule has 5 nitrogen and oxygen atoms in total. The van der Waals surface area contributed by atoms with Crippen LogP contribution in [0.3, 0.4) is 0 Å². The maximum atomic E-state index is 5.80. The monoisotopic (exact) mass is 308 g/mol. The smallest absolute Gasteiger partial charge is 0.192 e. The molecule has 0 aliphatic carbocycles. The van der Waals surface area contributed by atoms with Gasteiger partial charge in [0, 0.05) is 18.1 Å². The van der Waals surface area contributed by atoms with E-state index in [0.29, 0.717) is 13.1 Å². The molecule has 3 aromatic rings. The number of guanidine groups is 1. The van der Waals surface area contributed by atoms with E-state index in [1.54, 1.807) is 6.20 Å². The average molecular weight is 308 g/mol. The molecule has 0 saturated heterocycles. The Balaban J connectivity index is 1.64. The van der Waals surface area contributed by atoms with Crippen LogP contribution >= 0.6 is 0 Å². The average Bonchev–Trinajstić information content (AvgIpc) is 3.01. The fourth-order valence-corrected chi connectivity index (χ4v) is 2.29. The first-order valence-electron chi connectivity index (χ1n) is 7.74. The standard InChI is InChI=1S/C18H20N4O/c1-2-19-18(21-12-15-8-5-6-10-20-15)22-13-16-11-14-7-3-4-9-17(14)23-16/h3-11H,2,12-13H2,1H3,(H2,19,21,22). The van der Waals surface area contributed by atoms with Crippen molar-refractivity contribution in [2.75, 3.05) is 6.54 Å². The molecule has 1 aromatic carbocycles. The van der Waals surface area contributed by atoms with E-state index in [1.807, 2.05) is 55.5 Å². The minimum absolute atomic E-state index is 0.538. The molecule has 2 heterocycles. The molecular formula is C18H20N4O. The Morgan fingerprint density at radius 3 is 2.78 bits per heavy atom. The number of rotatable bonds is 5. The number of pyridine rings is 1. The van der Waals surface area contributed by atoms with Crippen molar-refractivity contribution < 1.29 is 4.42 Å². The van der Waals surface area contributed by atoms with E-state index in [4.69, 9.17) is 4.42 Å². The van der Waals surface area contributed by atoms with Crippen LogP contribution in [-0.4, -0.2) is 17.5 Å². The zero-order valence-corrected chi connectivity index (χ0v) is 13.1. The molecule has 0 fully saturated rings. The van der Waals surface area contributed by atoms with Crippen LogP contribution in [0.15, 0.2) is 64.1 Å². The van der Waals surface area contributed by atoms with Crippen LogP contribution in [0.25, 0.3) is 11.0 Å². The van der Waals surface area contributed by atoms with E-state index in [0.717, 1.165) is 34.9 Å². The minimum atomic E-state index is 0.538. The van der Waals surface area contributed by atoms with Crippen LogP contribution in [0, 0.1) is 0 Å². The van der Waals surface area contributed by atoms with Crippen LogP contribution in [0.2, 0.25) is 0 Å². The summed E-state index contributed by atoms with van der Waals surface area (Å²) in [5.74, 6) is 1.63. The van der Waals surface area contributed by atoms with E-state index in [-0.39, 0.29) is 0 Å². The Labute approximate surface area is 135 Å². The number of hydrogen-bond acceptors (Lipinski definition) is 3. The highest BCUT2D eigenvalue weighted by Crippen LogP contribution is 2.18. The SMILES string of the molecule is CCNC(=NCc1ccccn1)NCc1cc2ccccc2o1. The maximum absolute atomic E-state index is 5.80. The Kier molecular flexibility index (Phi) is 4.88. The summed E-state index contributed by atoms with van der Waals surface area (Å²) in [4.78, 5) is 8.82. The summed E-state index contributed by atoms with van der Waals surface area (Å²) in [6, 6.07) is 15.9. The van der Waals surface area contributed by atoms with Crippen LogP contribution in [0.5, 0.6) is 0 Å². The Bertz CT molecular complexity index is 747. The number of aliphatic imine (C=N–C) groups is 1.